The Hall–Kier alpha value is -3.61. The molecule has 0 saturated heterocycles. The smallest absolute Gasteiger partial charge is 0.307 e. The third-order valence-corrected chi connectivity index (χ3v) is 4.91. The van der Waals surface area contributed by atoms with E-state index in [2.05, 4.69) is 10.3 Å². The summed E-state index contributed by atoms with van der Waals surface area (Å²) in [5.41, 5.74) is 2.83. The summed E-state index contributed by atoms with van der Waals surface area (Å²) in [6.07, 6.45) is 2.24. The highest BCUT2D eigenvalue weighted by Gasteiger charge is 2.19. The van der Waals surface area contributed by atoms with Crippen LogP contribution in [0.5, 0.6) is 5.75 Å². The van der Waals surface area contributed by atoms with Gasteiger partial charge in [-0.05, 0) is 36.8 Å². The fraction of sp³-hybridized carbons (Fsp3) is 0.292. The predicted octanol–water partition coefficient (Wildman–Crippen LogP) is 4.01. The van der Waals surface area contributed by atoms with Crippen LogP contribution in [0.1, 0.15) is 35.9 Å². The molecule has 162 valence electrons. The zero-order valence-electron chi connectivity index (χ0n) is 17.9. The second-order valence-electron chi connectivity index (χ2n) is 7.16. The van der Waals surface area contributed by atoms with E-state index in [9.17, 15) is 9.59 Å². The van der Waals surface area contributed by atoms with Gasteiger partial charge in [0.2, 0.25) is 5.91 Å². The van der Waals surface area contributed by atoms with Crippen molar-refractivity contribution in [3.8, 4) is 17.1 Å². The zero-order valence-corrected chi connectivity index (χ0v) is 17.9. The number of carbonyl (C=O) groups is 2. The molecule has 1 heterocycles. The molecular formula is C24H26N2O5. The van der Waals surface area contributed by atoms with Crippen LogP contribution >= 0.6 is 0 Å². The van der Waals surface area contributed by atoms with Gasteiger partial charge in [0.25, 0.3) is 0 Å². The molecule has 0 aliphatic carbocycles. The molecule has 0 fully saturated rings. The lowest BCUT2D eigenvalue weighted by Crippen LogP contribution is -2.30. The maximum atomic E-state index is 12.5. The second-order valence-corrected chi connectivity index (χ2v) is 7.16. The molecule has 0 aliphatic rings. The van der Waals surface area contributed by atoms with Gasteiger partial charge in [-0.2, -0.15) is 0 Å². The average Bonchev–Trinajstić information content (AvgIpc) is 3.27. The fourth-order valence-electron chi connectivity index (χ4n) is 3.10. The average molecular weight is 422 g/mol. The van der Waals surface area contributed by atoms with Gasteiger partial charge in [-0.25, -0.2) is 4.98 Å². The van der Waals surface area contributed by atoms with Crippen molar-refractivity contribution in [1.82, 2.24) is 10.3 Å². The Kier molecular flexibility index (Phi) is 7.43. The molecule has 7 heteroatoms. The van der Waals surface area contributed by atoms with E-state index in [1.54, 1.807) is 13.3 Å². The summed E-state index contributed by atoms with van der Waals surface area (Å²) in [6, 6.07) is 14.7. The first-order valence-electron chi connectivity index (χ1n) is 10.0. The molecule has 7 nitrogen and oxygen atoms in total. The first kappa shape index (κ1) is 22.1. The number of benzene rings is 2. The number of rotatable bonds is 9. The molecule has 31 heavy (non-hydrogen) atoms. The number of nitrogens with one attached hydrogen (secondary N) is 1. The number of carbonyl (C=O) groups excluding carboxylic acids is 2. The third kappa shape index (κ3) is 6.18. The number of hydrogen-bond acceptors (Lipinski definition) is 6. The highest BCUT2D eigenvalue weighted by Crippen LogP contribution is 2.24. The maximum Gasteiger partial charge on any atom is 0.307 e. The van der Waals surface area contributed by atoms with Crippen LogP contribution in [0, 0.1) is 6.92 Å². The van der Waals surface area contributed by atoms with E-state index >= 15 is 0 Å². The van der Waals surface area contributed by atoms with Crippen LogP contribution in [0.2, 0.25) is 0 Å². The monoisotopic (exact) mass is 422 g/mol. The number of hydrogen-bond donors (Lipinski definition) is 1. The molecule has 0 aliphatic heterocycles. The van der Waals surface area contributed by atoms with Gasteiger partial charge in [-0.3, -0.25) is 9.59 Å². The lowest BCUT2D eigenvalue weighted by atomic mass is 10.0. The number of nitrogens with zero attached hydrogens (tertiary/aromatic N) is 1. The minimum absolute atomic E-state index is 0.0614. The van der Waals surface area contributed by atoms with E-state index in [0.29, 0.717) is 18.1 Å². The van der Waals surface area contributed by atoms with Crippen LogP contribution in [0.15, 0.2) is 59.1 Å². The largest absolute Gasteiger partial charge is 0.497 e. The van der Waals surface area contributed by atoms with Crippen LogP contribution in [0.25, 0.3) is 11.3 Å². The number of aromatic nitrogens is 1. The number of esters is 1. The van der Waals surface area contributed by atoms with E-state index in [1.807, 2.05) is 55.5 Å². The maximum absolute atomic E-state index is 12.5. The molecule has 3 rings (SSSR count). The molecule has 1 unspecified atom stereocenters. The molecule has 0 spiro atoms. The Morgan fingerprint density at radius 2 is 1.77 bits per heavy atom. The Balaban J connectivity index is 1.60. The summed E-state index contributed by atoms with van der Waals surface area (Å²) in [5.74, 6) is 1.28. The quantitative estimate of drug-likeness (QED) is 0.524. The number of oxazole rings is 1. The van der Waals surface area contributed by atoms with Crippen molar-refractivity contribution in [1.29, 1.82) is 0 Å². The van der Waals surface area contributed by atoms with Gasteiger partial charge in [0, 0.05) is 18.4 Å². The van der Waals surface area contributed by atoms with Crippen LogP contribution < -0.4 is 10.1 Å². The van der Waals surface area contributed by atoms with Gasteiger partial charge in [0.05, 0.1) is 32.9 Å². The van der Waals surface area contributed by atoms with Gasteiger partial charge in [0.1, 0.15) is 5.75 Å². The van der Waals surface area contributed by atoms with Crippen molar-refractivity contribution >= 4 is 11.9 Å². The van der Waals surface area contributed by atoms with Gasteiger partial charge < -0.3 is 19.2 Å². The molecular weight excluding hydrogens is 396 g/mol. The van der Waals surface area contributed by atoms with E-state index in [4.69, 9.17) is 13.9 Å². The second kappa shape index (κ2) is 10.4. The van der Waals surface area contributed by atoms with Crippen molar-refractivity contribution in [3.63, 3.8) is 0 Å². The number of aryl methyl sites for hydroxylation is 2. The predicted molar refractivity (Wildman–Crippen MR) is 116 cm³/mol. The summed E-state index contributed by atoms with van der Waals surface area (Å²) in [4.78, 5) is 28.6. The van der Waals surface area contributed by atoms with Crippen LogP contribution in [0.4, 0.5) is 0 Å². The molecule has 0 saturated carbocycles. The standard InChI is InChI=1S/C24H26N2O5/c1-16-4-6-17(7-5-16)20(14-24(28)30-3)26-22(27)12-13-23-25-15-21(31-23)18-8-10-19(29-2)11-9-18/h4-11,15,20H,12-14H2,1-3H3,(H,26,27). The van der Waals surface area contributed by atoms with Crippen LogP contribution in [-0.4, -0.2) is 31.1 Å². The van der Waals surface area contributed by atoms with Gasteiger partial charge in [-0.1, -0.05) is 29.8 Å². The van der Waals surface area contributed by atoms with E-state index < -0.39 is 6.04 Å². The highest BCUT2D eigenvalue weighted by atomic mass is 16.5. The molecule has 0 radical (unpaired) electrons. The van der Waals surface area contributed by atoms with Crippen molar-refractivity contribution in [3.05, 3.63) is 71.7 Å². The number of amides is 1. The first-order valence-corrected chi connectivity index (χ1v) is 10.0. The first-order chi connectivity index (χ1) is 15.0. The summed E-state index contributed by atoms with van der Waals surface area (Å²) >= 11 is 0. The van der Waals surface area contributed by atoms with Crippen molar-refractivity contribution in [2.45, 2.75) is 32.2 Å². The van der Waals surface area contributed by atoms with Crippen LogP contribution in [0.3, 0.4) is 0 Å². The molecule has 3 aromatic rings. The summed E-state index contributed by atoms with van der Waals surface area (Å²) < 4.78 is 15.7. The normalized spacial score (nSPS) is 11.6. The summed E-state index contributed by atoms with van der Waals surface area (Å²) in [6.45, 7) is 1.98. The number of ether oxygens (including phenoxy) is 2. The van der Waals surface area contributed by atoms with Gasteiger partial charge >= 0.3 is 5.97 Å². The highest BCUT2D eigenvalue weighted by molar-refractivity contribution is 5.78. The Morgan fingerprint density at radius 3 is 2.42 bits per heavy atom. The molecule has 2 aromatic carbocycles. The van der Waals surface area contributed by atoms with Crippen molar-refractivity contribution < 1.29 is 23.5 Å². The Morgan fingerprint density at radius 1 is 1.06 bits per heavy atom. The van der Waals surface area contributed by atoms with Crippen LogP contribution in [-0.2, 0) is 20.7 Å². The number of methoxy groups -OCH3 is 2. The fourth-order valence-corrected chi connectivity index (χ4v) is 3.10. The minimum atomic E-state index is -0.458. The van der Waals surface area contributed by atoms with E-state index in [-0.39, 0.29) is 24.7 Å². The molecule has 1 amide bonds. The molecule has 0 bridgehead atoms. The summed E-state index contributed by atoms with van der Waals surface area (Å²) in [5, 5.41) is 2.92. The van der Waals surface area contributed by atoms with Gasteiger partial charge in [-0.15, -0.1) is 0 Å². The van der Waals surface area contributed by atoms with Gasteiger partial charge in [0.15, 0.2) is 11.7 Å². The molecule has 1 N–H and O–H groups in total. The Labute approximate surface area is 181 Å². The molecule has 1 atom stereocenters. The third-order valence-electron chi connectivity index (χ3n) is 4.91. The zero-order chi connectivity index (χ0) is 22.2. The van der Waals surface area contributed by atoms with Crippen molar-refractivity contribution in [2.75, 3.05) is 14.2 Å². The lowest BCUT2D eigenvalue weighted by Gasteiger charge is -2.18. The van der Waals surface area contributed by atoms with Crippen molar-refractivity contribution in [2.24, 2.45) is 0 Å². The SMILES string of the molecule is COC(=O)CC(NC(=O)CCc1ncc(-c2ccc(OC)cc2)o1)c1ccc(C)cc1. The minimum Gasteiger partial charge on any atom is -0.497 e. The molecule has 1 aromatic heterocycles. The summed E-state index contributed by atoms with van der Waals surface area (Å²) in [7, 11) is 2.94. The van der Waals surface area contributed by atoms with E-state index in [0.717, 1.165) is 22.4 Å². The van der Waals surface area contributed by atoms with E-state index in [1.165, 1.54) is 7.11 Å². The lowest BCUT2D eigenvalue weighted by molar-refractivity contribution is -0.141. The topological polar surface area (TPSA) is 90.7 Å². The Bertz CT molecular complexity index is 1010.